The van der Waals surface area contributed by atoms with Gasteiger partial charge in [0.05, 0.1) is 11.6 Å². The summed E-state index contributed by atoms with van der Waals surface area (Å²) in [7, 11) is 0. The highest BCUT2D eigenvalue weighted by atomic mass is 79.9. The Morgan fingerprint density at radius 2 is 1.80 bits per heavy atom. The number of benzene rings is 2. The van der Waals surface area contributed by atoms with Gasteiger partial charge in [0, 0.05) is 4.47 Å². The Kier molecular flexibility index (Phi) is 4.49. The lowest BCUT2D eigenvalue weighted by Crippen LogP contribution is -2.27. The number of amides is 1. The highest BCUT2D eigenvalue weighted by molar-refractivity contribution is 9.10. The molecule has 0 aromatic heterocycles. The maximum atomic E-state index is 13.6. The molecule has 5 heteroatoms. The van der Waals surface area contributed by atoms with Crippen molar-refractivity contribution in [3.05, 3.63) is 69.7 Å². The molecule has 0 heterocycles. The molecule has 1 N–H and O–H groups in total. The summed E-state index contributed by atoms with van der Waals surface area (Å²) in [5.41, 5.74) is 0.712. The van der Waals surface area contributed by atoms with Crippen LogP contribution < -0.4 is 5.32 Å². The van der Waals surface area contributed by atoms with Gasteiger partial charge in [-0.15, -0.1) is 0 Å². The van der Waals surface area contributed by atoms with Crippen molar-refractivity contribution >= 4 is 21.8 Å². The third kappa shape index (κ3) is 3.42. The van der Waals surface area contributed by atoms with E-state index in [1.807, 2.05) is 0 Å². The van der Waals surface area contributed by atoms with Gasteiger partial charge in [-0.05, 0) is 42.8 Å². The number of carbonyl (C=O) groups is 1. The predicted molar refractivity (Wildman–Crippen MR) is 76.4 cm³/mol. The lowest BCUT2D eigenvalue weighted by molar-refractivity contribution is 0.0935. The predicted octanol–water partition coefficient (Wildman–Crippen LogP) is 4.22. The van der Waals surface area contributed by atoms with Gasteiger partial charge in [0.2, 0.25) is 0 Å². The monoisotopic (exact) mass is 339 g/mol. The van der Waals surface area contributed by atoms with Crippen LogP contribution in [-0.4, -0.2) is 5.91 Å². The zero-order valence-corrected chi connectivity index (χ0v) is 12.2. The van der Waals surface area contributed by atoms with E-state index in [4.69, 9.17) is 0 Å². The summed E-state index contributed by atoms with van der Waals surface area (Å²) in [4.78, 5) is 12.0. The molecule has 1 atom stereocenters. The van der Waals surface area contributed by atoms with Gasteiger partial charge in [-0.2, -0.15) is 0 Å². The first-order valence-corrected chi connectivity index (χ1v) is 6.78. The minimum Gasteiger partial charge on any atom is -0.345 e. The van der Waals surface area contributed by atoms with Crippen molar-refractivity contribution in [2.45, 2.75) is 13.0 Å². The van der Waals surface area contributed by atoms with Crippen LogP contribution in [0.1, 0.15) is 28.9 Å². The molecule has 0 bridgehead atoms. The number of halogens is 3. The van der Waals surface area contributed by atoms with Crippen molar-refractivity contribution in [2.75, 3.05) is 0 Å². The quantitative estimate of drug-likeness (QED) is 0.891. The summed E-state index contributed by atoms with van der Waals surface area (Å²) in [5, 5.41) is 2.68. The summed E-state index contributed by atoms with van der Waals surface area (Å²) in [6.45, 7) is 1.75. The molecular weight excluding hydrogens is 328 g/mol. The molecule has 1 amide bonds. The second-order valence-electron chi connectivity index (χ2n) is 4.37. The summed E-state index contributed by atoms with van der Waals surface area (Å²) in [6.07, 6.45) is 0. The largest absolute Gasteiger partial charge is 0.345 e. The van der Waals surface area contributed by atoms with Crippen molar-refractivity contribution in [2.24, 2.45) is 0 Å². The van der Waals surface area contributed by atoms with E-state index in [-0.39, 0.29) is 17.4 Å². The fourth-order valence-corrected chi connectivity index (χ4v) is 2.14. The van der Waals surface area contributed by atoms with Crippen LogP contribution in [0.5, 0.6) is 0 Å². The molecule has 0 aliphatic heterocycles. The molecule has 0 aliphatic rings. The van der Waals surface area contributed by atoms with Crippen LogP contribution in [0.15, 0.2) is 46.9 Å². The van der Waals surface area contributed by atoms with Crippen molar-refractivity contribution in [1.82, 2.24) is 5.32 Å². The summed E-state index contributed by atoms with van der Waals surface area (Å²) in [6, 6.07) is 9.62. The first kappa shape index (κ1) is 14.7. The van der Waals surface area contributed by atoms with Crippen LogP contribution in [0.25, 0.3) is 0 Å². The number of hydrogen-bond acceptors (Lipinski definition) is 1. The molecule has 20 heavy (non-hydrogen) atoms. The van der Waals surface area contributed by atoms with E-state index in [9.17, 15) is 13.6 Å². The van der Waals surface area contributed by atoms with Crippen molar-refractivity contribution < 1.29 is 13.6 Å². The highest BCUT2D eigenvalue weighted by Crippen LogP contribution is 2.18. The third-order valence-corrected chi connectivity index (χ3v) is 3.38. The first-order valence-electron chi connectivity index (χ1n) is 5.99. The second-order valence-corrected chi connectivity index (χ2v) is 5.29. The van der Waals surface area contributed by atoms with E-state index < -0.39 is 11.7 Å². The fraction of sp³-hybridized carbons (Fsp3) is 0.133. The zero-order valence-electron chi connectivity index (χ0n) is 10.7. The smallest absolute Gasteiger partial charge is 0.254 e. The van der Waals surface area contributed by atoms with Gasteiger partial charge in [0.1, 0.15) is 11.6 Å². The van der Waals surface area contributed by atoms with E-state index in [0.29, 0.717) is 4.47 Å². The normalized spacial score (nSPS) is 12.0. The number of hydrogen-bond donors (Lipinski definition) is 1. The molecule has 2 rings (SSSR count). The maximum absolute atomic E-state index is 13.6. The summed E-state index contributed by atoms with van der Waals surface area (Å²) >= 11 is 3.20. The molecule has 0 aliphatic carbocycles. The zero-order chi connectivity index (χ0) is 14.7. The van der Waals surface area contributed by atoms with E-state index in [2.05, 4.69) is 21.2 Å². The summed E-state index contributed by atoms with van der Waals surface area (Å²) < 4.78 is 27.1. The Hall–Kier alpha value is -1.75. The molecule has 1 unspecified atom stereocenters. The standard InChI is InChI=1S/C15H12BrF2NO/c1-9(10-2-5-12(17)6-3-10)19-15(20)13-8-11(16)4-7-14(13)18/h2-9H,1H3,(H,19,20). The van der Waals surface area contributed by atoms with Crippen molar-refractivity contribution in [1.29, 1.82) is 0 Å². The van der Waals surface area contributed by atoms with Gasteiger partial charge in [0.25, 0.3) is 5.91 Å². The lowest BCUT2D eigenvalue weighted by atomic mass is 10.1. The maximum Gasteiger partial charge on any atom is 0.254 e. The van der Waals surface area contributed by atoms with Crippen LogP contribution in [0, 0.1) is 11.6 Å². The van der Waals surface area contributed by atoms with Gasteiger partial charge in [-0.25, -0.2) is 8.78 Å². The van der Waals surface area contributed by atoms with E-state index >= 15 is 0 Å². The number of nitrogens with one attached hydrogen (secondary N) is 1. The molecule has 0 spiro atoms. The average molecular weight is 340 g/mol. The second kappa shape index (κ2) is 6.13. The highest BCUT2D eigenvalue weighted by Gasteiger charge is 2.15. The van der Waals surface area contributed by atoms with Crippen molar-refractivity contribution in [3.63, 3.8) is 0 Å². The van der Waals surface area contributed by atoms with Gasteiger partial charge in [0.15, 0.2) is 0 Å². The van der Waals surface area contributed by atoms with Gasteiger partial charge in [-0.1, -0.05) is 28.1 Å². The Labute approximate surface area is 123 Å². The Bertz CT molecular complexity index is 628. The van der Waals surface area contributed by atoms with Crippen LogP contribution in [0.2, 0.25) is 0 Å². The molecule has 0 fully saturated rings. The minimum atomic E-state index is -0.586. The molecule has 2 aromatic carbocycles. The third-order valence-electron chi connectivity index (χ3n) is 2.89. The van der Waals surface area contributed by atoms with E-state index in [1.54, 1.807) is 19.1 Å². The SMILES string of the molecule is CC(NC(=O)c1cc(Br)ccc1F)c1ccc(F)cc1. The Balaban J connectivity index is 2.15. The van der Waals surface area contributed by atoms with Gasteiger partial charge in [-0.3, -0.25) is 4.79 Å². The number of rotatable bonds is 3. The van der Waals surface area contributed by atoms with Crippen LogP contribution in [0.4, 0.5) is 8.78 Å². The fourth-order valence-electron chi connectivity index (χ4n) is 1.78. The molecule has 104 valence electrons. The van der Waals surface area contributed by atoms with Gasteiger partial charge >= 0.3 is 0 Å². The van der Waals surface area contributed by atoms with Crippen LogP contribution >= 0.6 is 15.9 Å². The minimum absolute atomic E-state index is 0.0339. The lowest BCUT2D eigenvalue weighted by Gasteiger charge is -2.14. The first-order chi connectivity index (χ1) is 9.47. The molecular formula is C15H12BrF2NO. The molecule has 2 nitrogen and oxygen atoms in total. The van der Waals surface area contributed by atoms with E-state index in [1.165, 1.54) is 30.3 Å². The molecule has 0 saturated carbocycles. The van der Waals surface area contributed by atoms with E-state index in [0.717, 1.165) is 5.56 Å². The van der Waals surface area contributed by atoms with Crippen LogP contribution in [0.3, 0.4) is 0 Å². The number of carbonyl (C=O) groups excluding carboxylic acids is 1. The molecule has 0 radical (unpaired) electrons. The van der Waals surface area contributed by atoms with Crippen molar-refractivity contribution in [3.8, 4) is 0 Å². The Morgan fingerprint density at radius 3 is 2.45 bits per heavy atom. The molecule has 0 saturated heterocycles. The average Bonchev–Trinajstić information content (AvgIpc) is 2.42. The Morgan fingerprint density at radius 1 is 1.15 bits per heavy atom. The molecule has 2 aromatic rings. The topological polar surface area (TPSA) is 29.1 Å². The summed E-state index contributed by atoms with van der Waals surface area (Å²) in [5.74, 6) is -1.44. The van der Waals surface area contributed by atoms with Gasteiger partial charge < -0.3 is 5.32 Å². The van der Waals surface area contributed by atoms with Crippen LogP contribution in [-0.2, 0) is 0 Å².